The Kier molecular flexibility index (Phi) is 4.28. The average molecular weight is 238 g/mol. The topological polar surface area (TPSA) is 70.1 Å². The quantitative estimate of drug-likeness (QED) is 0.743. The molecule has 0 aromatic carbocycles. The predicted octanol–water partition coefficient (Wildman–Crippen LogP) is 1.61. The SMILES string of the molecule is CNc1cc(NC(C)CO)nc(C(C)(C)C)n1. The van der Waals surface area contributed by atoms with Crippen LogP contribution in [0, 0.1) is 0 Å². The molecule has 0 saturated carbocycles. The van der Waals surface area contributed by atoms with Gasteiger partial charge in [0.1, 0.15) is 17.5 Å². The molecule has 0 bridgehead atoms. The normalized spacial score (nSPS) is 13.3. The van der Waals surface area contributed by atoms with E-state index in [1.54, 1.807) is 0 Å². The van der Waals surface area contributed by atoms with E-state index in [1.807, 2.05) is 20.0 Å². The Morgan fingerprint density at radius 2 is 1.88 bits per heavy atom. The molecule has 0 amide bonds. The third-order valence-corrected chi connectivity index (χ3v) is 2.32. The number of anilines is 2. The largest absolute Gasteiger partial charge is 0.394 e. The van der Waals surface area contributed by atoms with Crippen molar-refractivity contribution in [3.8, 4) is 0 Å². The molecular weight excluding hydrogens is 216 g/mol. The molecule has 1 aromatic rings. The Morgan fingerprint density at radius 3 is 2.35 bits per heavy atom. The van der Waals surface area contributed by atoms with E-state index in [-0.39, 0.29) is 18.1 Å². The molecule has 0 aliphatic rings. The molecule has 0 saturated heterocycles. The third-order valence-electron chi connectivity index (χ3n) is 2.32. The van der Waals surface area contributed by atoms with Gasteiger partial charge in [0.25, 0.3) is 0 Å². The minimum absolute atomic E-state index is 0.0255. The molecule has 1 unspecified atom stereocenters. The molecule has 1 heterocycles. The molecule has 5 heteroatoms. The molecule has 3 N–H and O–H groups in total. The highest BCUT2D eigenvalue weighted by Crippen LogP contribution is 2.22. The lowest BCUT2D eigenvalue weighted by Crippen LogP contribution is -2.23. The van der Waals surface area contributed by atoms with Gasteiger partial charge in [-0.3, -0.25) is 0 Å². The van der Waals surface area contributed by atoms with Crippen molar-refractivity contribution in [1.29, 1.82) is 0 Å². The predicted molar refractivity (Wildman–Crippen MR) is 70.4 cm³/mol. The van der Waals surface area contributed by atoms with E-state index in [1.165, 1.54) is 0 Å². The van der Waals surface area contributed by atoms with E-state index in [4.69, 9.17) is 5.11 Å². The van der Waals surface area contributed by atoms with Crippen LogP contribution < -0.4 is 10.6 Å². The highest BCUT2D eigenvalue weighted by Gasteiger charge is 2.19. The van der Waals surface area contributed by atoms with Crippen LogP contribution in [0.15, 0.2) is 6.07 Å². The fourth-order valence-electron chi connectivity index (χ4n) is 1.28. The second kappa shape index (κ2) is 5.31. The Hall–Kier alpha value is -1.36. The molecule has 96 valence electrons. The molecule has 0 fully saturated rings. The van der Waals surface area contributed by atoms with Gasteiger partial charge in [-0.25, -0.2) is 9.97 Å². The van der Waals surface area contributed by atoms with Crippen molar-refractivity contribution in [2.75, 3.05) is 24.3 Å². The van der Waals surface area contributed by atoms with Crippen molar-refractivity contribution < 1.29 is 5.11 Å². The fourth-order valence-corrected chi connectivity index (χ4v) is 1.28. The number of hydrogen-bond acceptors (Lipinski definition) is 5. The van der Waals surface area contributed by atoms with Crippen LogP contribution >= 0.6 is 0 Å². The van der Waals surface area contributed by atoms with E-state index < -0.39 is 0 Å². The van der Waals surface area contributed by atoms with Crippen LogP contribution in [-0.2, 0) is 5.41 Å². The summed E-state index contributed by atoms with van der Waals surface area (Å²) in [4.78, 5) is 8.90. The maximum atomic E-state index is 9.03. The zero-order valence-electron chi connectivity index (χ0n) is 11.2. The van der Waals surface area contributed by atoms with Gasteiger partial charge >= 0.3 is 0 Å². The van der Waals surface area contributed by atoms with Crippen LogP contribution in [0.3, 0.4) is 0 Å². The molecule has 0 radical (unpaired) electrons. The number of nitrogens with zero attached hydrogens (tertiary/aromatic N) is 2. The second-order valence-electron chi connectivity index (χ2n) is 5.19. The Labute approximate surface area is 103 Å². The van der Waals surface area contributed by atoms with Gasteiger partial charge in [0.15, 0.2) is 0 Å². The zero-order chi connectivity index (χ0) is 13.1. The number of aromatic nitrogens is 2. The average Bonchev–Trinajstić information content (AvgIpc) is 2.27. The van der Waals surface area contributed by atoms with E-state index in [0.29, 0.717) is 0 Å². The lowest BCUT2D eigenvalue weighted by molar-refractivity contribution is 0.281. The third kappa shape index (κ3) is 3.85. The minimum atomic E-state index is -0.105. The summed E-state index contributed by atoms with van der Waals surface area (Å²) in [6.07, 6.45) is 0. The molecule has 5 nitrogen and oxygen atoms in total. The lowest BCUT2D eigenvalue weighted by atomic mass is 9.96. The zero-order valence-corrected chi connectivity index (χ0v) is 11.2. The van der Waals surface area contributed by atoms with Crippen molar-refractivity contribution in [3.05, 3.63) is 11.9 Å². The standard InChI is InChI=1S/C12H22N4O/c1-8(7-17)14-10-6-9(13-5)15-11(16-10)12(2,3)4/h6,8,17H,7H2,1-5H3,(H2,13,14,15,16). The highest BCUT2D eigenvalue weighted by molar-refractivity contribution is 5.48. The van der Waals surface area contributed by atoms with E-state index in [9.17, 15) is 0 Å². The smallest absolute Gasteiger partial charge is 0.138 e. The molecule has 0 aliphatic heterocycles. The molecule has 0 aliphatic carbocycles. The van der Waals surface area contributed by atoms with E-state index in [2.05, 4.69) is 41.4 Å². The molecule has 1 rings (SSSR count). The summed E-state index contributed by atoms with van der Waals surface area (Å²) in [5.41, 5.74) is -0.105. The summed E-state index contributed by atoms with van der Waals surface area (Å²) in [5, 5.41) is 15.2. The van der Waals surface area contributed by atoms with Crippen LogP contribution in [0.4, 0.5) is 11.6 Å². The molecule has 17 heavy (non-hydrogen) atoms. The monoisotopic (exact) mass is 238 g/mol. The lowest BCUT2D eigenvalue weighted by Gasteiger charge is -2.20. The van der Waals surface area contributed by atoms with Crippen LogP contribution in [0.1, 0.15) is 33.5 Å². The Balaban J connectivity index is 3.05. The first-order valence-corrected chi connectivity index (χ1v) is 5.81. The Morgan fingerprint density at radius 1 is 1.29 bits per heavy atom. The van der Waals surface area contributed by atoms with Gasteiger partial charge in [-0.05, 0) is 6.92 Å². The Bertz CT molecular complexity index is 373. The van der Waals surface area contributed by atoms with Gasteiger partial charge in [-0.1, -0.05) is 20.8 Å². The van der Waals surface area contributed by atoms with Gasteiger partial charge in [0.2, 0.25) is 0 Å². The molecule has 1 aromatic heterocycles. The summed E-state index contributed by atoms with van der Waals surface area (Å²) in [7, 11) is 1.83. The maximum Gasteiger partial charge on any atom is 0.138 e. The van der Waals surface area contributed by atoms with Crippen molar-refractivity contribution in [2.45, 2.75) is 39.2 Å². The van der Waals surface area contributed by atoms with Gasteiger partial charge < -0.3 is 15.7 Å². The van der Waals surface area contributed by atoms with Gasteiger partial charge in [-0.15, -0.1) is 0 Å². The molecule has 0 spiro atoms. The maximum absolute atomic E-state index is 9.03. The van der Waals surface area contributed by atoms with Crippen molar-refractivity contribution in [3.63, 3.8) is 0 Å². The first kappa shape index (κ1) is 13.7. The van der Waals surface area contributed by atoms with Crippen LogP contribution in [0.5, 0.6) is 0 Å². The number of nitrogens with one attached hydrogen (secondary N) is 2. The van der Waals surface area contributed by atoms with Crippen LogP contribution in [0.25, 0.3) is 0 Å². The van der Waals surface area contributed by atoms with Crippen LogP contribution in [0.2, 0.25) is 0 Å². The van der Waals surface area contributed by atoms with Crippen molar-refractivity contribution >= 4 is 11.6 Å². The molecule has 1 atom stereocenters. The van der Waals surface area contributed by atoms with Gasteiger partial charge in [-0.2, -0.15) is 0 Å². The first-order chi connectivity index (χ1) is 7.86. The van der Waals surface area contributed by atoms with Gasteiger partial charge in [0, 0.05) is 24.6 Å². The van der Waals surface area contributed by atoms with E-state index in [0.717, 1.165) is 17.5 Å². The summed E-state index contributed by atoms with van der Waals surface area (Å²) in [6.45, 7) is 8.19. The summed E-state index contributed by atoms with van der Waals surface area (Å²) >= 11 is 0. The first-order valence-electron chi connectivity index (χ1n) is 5.81. The van der Waals surface area contributed by atoms with Crippen molar-refractivity contribution in [2.24, 2.45) is 0 Å². The summed E-state index contributed by atoms with van der Waals surface area (Å²) in [5.74, 6) is 2.28. The highest BCUT2D eigenvalue weighted by atomic mass is 16.3. The van der Waals surface area contributed by atoms with E-state index >= 15 is 0 Å². The number of aliphatic hydroxyl groups excluding tert-OH is 1. The summed E-state index contributed by atoms with van der Waals surface area (Å²) in [6, 6.07) is 1.81. The van der Waals surface area contributed by atoms with Gasteiger partial charge in [0.05, 0.1) is 6.61 Å². The molecular formula is C12H22N4O. The minimum Gasteiger partial charge on any atom is -0.394 e. The number of hydrogen-bond donors (Lipinski definition) is 3. The van der Waals surface area contributed by atoms with Crippen molar-refractivity contribution in [1.82, 2.24) is 9.97 Å². The second-order valence-corrected chi connectivity index (χ2v) is 5.19. The fraction of sp³-hybridized carbons (Fsp3) is 0.667. The number of rotatable bonds is 4. The van der Waals surface area contributed by atoms with Crippen LogP contribution in [-0.4, -0.2) is 34.8 Å². The summed E-state index contributed by atoms with van der Waals surface area (Å²) < 4.78 is 0. The number of aliphatic hydroxyl groups is 1.